The average Bonchev–Trinajstić information content (AvgIpc) is 2.36. The minimum Gasteiger partial charge on any atom is -0.393 e. The molecule has 21 heavy (non-hydrogen) atoms. The number of benzene rings is 2. The number of nitro benzene ring substituents is 1. The van der Waals surface area contributed by atoms with Gasteiger partial charge in [0.15, 0.2) is 0 Å². The summed E-state index contributed by atoms with van der Waals surface area (Å²) in [7, 11) is 0. The Hall–Kier alpha value is -3.03. The van der Waals surface area contributed by atoms with Gasteiger partial charge in [0.1, 0.15) is 17.3 Å². The highest BCUT2D eigenvalue weighted by molar-refractivity contribution is 6.05. The molecule has 108 valence electrons. The molecule has 0 radical (unpaired) electrons. The van der Waals surface area contributed by atoms with E-state index in [4.69, 9.17) is 5.73 Å². The van der Waals surface area contributed by atoms with Crippen LogP contribution in [0.4, 0.5) is 25.8 Å². The fourth-order valence-electron chi connectivity index (χ4n) is 1.69. The van der Waals surface area contributed by atoms with E-state index in [-0.39, 0.29) is 22.6 Å². The zero-order chi connectivity index (χ0) is 15.6. The number of nitrogen functional groups attached to an aromatic ring is 1. The molecule has 2 aromatic rings. The van der Waals surface area contributed by atoms with Crippen LogP contribution in [-0.2, 0) is 0 Å². The summed E-state index contributed by atoms with van der Waals surface area (Å²) >= 11 is 0. The van der Waals surface area contributed by atoms with Crippen molar-refractivity contribution in [2.45, 2.75) is 0 Å². The van der Waals surface area contributed by atoms with Crippen LogP contribution in [0.15, 0.2) is 36.4 Å². The molecular weight excluding hydrogens is 284 g/mol. The van der Waals surface area contributed by atoms with Crippen molar-refractivity contribution >= 4 is 23.0 Å². The van der Waals surface area contributed by atoms with E-state index in [0.717, 1.165) is 24.3 Å². The Kier molecular flexibility index (Phi) is 3.79. The number of carbonyl (C=O) groups is 1. The van der Waals surface area contributed by atoms with Crippen LogP contribution in [0.2, 0.25) is 0 Å². The lowest BCUT2D eigenvalue weighted by molar-refractivity contribution is -0.383. The maximum Gasteiger partial charge on any atom is 0.292 e. The van der Waals surface area contributed by atoms with Crippen molar-refractivity contribution in [3.63, 3.8) is 0 Å². The zero-order valence-corrected chi connectivity index (χ0v) is 10.5. The van der Waals surface area contributed by atoms with Crippen molar-refractivity contribution in [1.29, 1.82) is 0 Å². The van der Waals surface area contributed by atoms with E-state index in [9.17, 15) is 23.7 Å². The standard InChI is InChI=1S/C13H9F2N3O3/c14-8-4-9(15)6-10(5-8)17-13(19)7-1-2-12(18(20)21)11(16)3-7/h1-6H,16H2,(H,17,19). The fourth-order valence-corrected chi connectivity index (χ4v) is 1.69. The number of nitrogens with two attached hydrogens (primary N) is 1. The third kappa shape index (κ3) is 3.30. The van der Waals surface area contributed by atoms with E-state index in [1.54, 1.807) is 0 Å². The van der Waals surface area contributed by atoms with Gasteiger partial charge in [0.2, 0.25) is 0 Å². The van der Waals surface area contributed by atoms with Crippen molar-refractivity contribution < 1.29 is 18.5 Å². The summed E-state index contributed by atoms with van der Waals surface area (Å²) in [6, 6.07) is 5.93. The summed E-state index contributed by atoms with van der Waals surface area (Å²) in [4.78, 5) is 21.8. The zero-order valence-electron chi connectivity index (χ0n) is 10.5. The van der Waals surface area contributed by atoms with Crippen LogP contribution >= 0.6 is 0 Å². The van der Waals surface area contributed by atoms with Crippen LogP contribution in [0.25, 0.3) is 0 Å². The first-order valence-corrected chi connectivity index (χ1v) is 5.68. The predicted octanol–water partition coefficient (Wildman–Crippen LogP) is 2.71. The highest BCUT2D eigenvalue weighted by Gasteiger charge is 2.15. The van der Waals surface area contributed by atoms with Crippen LogP contribution < -0.4 is 11.1 Å². The number of hydrogen-bond donors (Lipinski definition) is 2. The molecule has 0 aliphatic rings. The first-order valence-electron chi connectivity index (χ1n) is 5.68. The molecule has 2 rings (SSSR count). The van der Waals surface area contributed by atoms with E-state index in [1.165, 1.54) is 6.07 Å². The van der Waals surface area contributed by atoms with E-state index in [1.807, 2.05) is 0 Å². The molecule has 0 aliphatic heterocycles. The first-order chi connectivity index (χ1) is 9.86. The predicted molar refractivity (Wildman–Crippen MR) is 71.8 cm³/mol. The number of rotatable bonds is 3. The van der Waals surface area contributed by atoms with Gasteiger partial charge in [0.05, 0.1) is 4.92 Å². The Morgan fingerprint density at radius 3 is 2.29 bits per heavy atom. The number of nitrogens with zero attached hydrogens (tertiary/aromatic N) is 1. The number of nitrogens with one attached hydrogen (secondary N) is 1. The second-order valence-corrected chi connectivity index (χ2v) is 4.14. The number of nitro groups is 1. The molecule has 0 spiro atoms. The summed E-state index contributed by atoms with van der Waals surface area (Å²) in [5.41, 5.74) is 4.90. The number of halogens is 2. The van der Waals surface area contributed by atoms with Gasteiger partial charge in [-0.05, 0) is 24.3 Å². The Morgan fingerprint density at radius 2 is 1.76 bits per heavy atom. The lowest BCUT2D eigenvalue weighted by Crippen LogP contribution is -2.13. The molecule has 2 aromatic carbocycles. The Labute approximate surface area is 117 Å². The summed E-state index contributed by atoms with van der Waals surface area (Å²) in [6.45, 7) is 0. The summed E-state index contributed by atoms with van der Waals surface area (Å²) in [5.74, 6) is -2.37. The van der Waals surface area contributed by atoms with E-state index in [0.29, 0.717) is 6.07 Å². The summed E-state index contributed by atoms with van der Waals surface area (Å²) in [5, 5.41) is 12.9. The minimum absolute atomic E-state index is 0.0303. The first kappa shape index (κ1) is 14.4. The maximum absolute atomic E-state index is 13.0. The molecule has 0 bridgehead atoms. The van der Waals surface area contributed by atoms with Crippen LogP contribution in [0.1, 0.15) is 10.4 Å². The summed E-state index contributed by atoms with van der Waals surface area (Å²) in [6.07, 6.45) is 0. The number of hydrogen-bond acceptors (Lipinski definition) is 4. The second-order valence-electron chi connectivity index (χ2n) is 4.14. The lowest BCUT2D eigenvalue weighted by atomic mass is 10.1. The van der Waals surface area contributed by atoms with Gasteiger partial charge in [0.25, 0.3) is 11.6 Å². The number of carbonyl (C=O) groups excluding carboxylic acids is 1. The van der Waals surface area contributed by atoms with Gasteiger partial charge in [-0.15, -0.1) is 0 Å². The topological polar surface area (TPSA) is 98.3 Å². The van der Waals surface area contributed by atoms with Gasteiger partial charge < -0.3 is 11.1 Å². The van der Waals surface area contributed by atoms with Gasteiger partial charge in [-0.1, -0.05) is 0 Å². The smallest absolute Gasteiger partial charge is 0.292 e. The molecule has 8 heteroatoms. The molecule has 0 heterocycles. The Morgan fingerprint density at radius 1 is 1.14 bits per heavy atom. The third-order valence-corrected chi connectivity index (χ3v) is 2.61. The SMILES string of the molecule is Nc1cc(C(=O)Nc2cc(F)cc(F)c2)ccc1[N+](=O)[O-]. The number of amides is 1. The molecule has 3 N–H and O–H groups in total. The van der Waals surface area contributed by atoms with Crippen LogP contribution in [0.5, 0.6) is 0 Å². The molecule has 0 atom stereocenters. The van der Waals surface area contributed by atoms with Gasteiger partial charge in [-0.3, -0.25) is 14.9 Å². The molecule has 0 aliphatic carbocycles. The van der Waals surface area contributed by atoms with Crippen molar-refractivity contribution in [3.05, 3.63) is 63.7 Å². The normalized spacial score (nSPS) is 10.2. The highest BCUT2D eigenvalue weighted by Crippen LogP contribution is 2.23. The summed E-state index contributed by atoms with van der Waals surface area (Å²) < 4.78 is 26.0. The maximum atomic E-state index is 13.0. The second kappa shape index (κ2) is 5.53. The lowest BCUT2D eigenvalue weighted by Gasteiger charge is -2.06. The van der Waals surface area contributed by atoms with Crippen LogP contribution in [0.3, 0.4) is 0 Å². The minimum atomic E-state index is -0.839. The van der Waals surface area contributed by atoms with E-state index in [2.05, 4.69) is 5.32 Å². The molecule has 0 saturated heterocycles. The van der Waals surface area contributed by atoms with Gasteiger partial charge >= 0.3 is 0 Å². The molecule has 0 fully saturated rings. The molecule has 6 nitrogen and oxygen atoms in total. The van der Waals surface area contributed by atoms with Crippen molar-refractivity contribution in [2.75, 3.05) is 11.1 Å². The van der Waals surface area contributed by atoms with Crippen LogP contribution in [-0.4, -0.2) is 10.8 Å². The third-order valence-electron chi connectivity index (χ3n) is 2.61. The molecule has 0 saturated carbocycles. The van der Waals surface area contributed by atoms with Crippen molar-refractivity contribution in [2.24, 2.45) is 0 Å². The molecule has 0 unspecified atom stereocenters. The van der Waals surface area contributed by atoms with Crippen molar-refractivity contribution in [1.82, 2.24) is 0 Å². The quantitative estimate of drug-likeness (QED) is 0.516. The van der Waals surface area contributed by atoms with Crippen molar-refractivity contribution in [3.8, 4) is 0 Å². The number of anilines is 2. The molecular formula is C13H9F2N3O3. The molecule has 1 amide bonds. The fraction of sp³-hybridized carbons (Fsp3) is 0. The Balaban J connectivity index is 2.24. The largest absolute Gasteiger partial charge is 0.393 e. The van der Waals surface area contributed by atoms with Crippen LogP contribution in [0, 0.1) is 21.7 Å². The van der Waals surface area contributed by atoms with Gasteiger partial charge in [0, 0.05) is 23.4 Å². The average molecular weight is 293 g/mol. The van der Waals surface area contributed by atoms with E-state index >= 15 is 0 Å². The van der Waals surface area contributed by atoms with Gasteiger partial charge in [-0.2, -0.15) is 0 Å². The monoisotopic (exact) mass is 293 g/mol. The Bertz CT molecular complexity index is 714. The van der Waals surface area contributed by atoms with Gasteiger partial charge in [-0.25, -0.2) is 8.78 Å². The highest BCUT2D eigenvalue weighted by atomic mass is 19.1. The van der Waals surface area contributed by atoms with E-state index < -0.39 is 22.5 Å². The molecule has 0 aromatic heterocycles.